The summed E-state index contributed by atoms with van der Waals surface area (Å²) in [6.07, 6.45) is 0.845. The molecule has 0 spiro atoms. The van der Waals surface area contributed by atoms with E-state index in [2.05, 4.69) is 6.92 Å². The molecule has 1 fully saturated rings. The van der Waals surface area contributed by atoms with Gasteiger partial charge in [-0.2, -0.15) is 0 Å². The van der Waals surface area contributed by atoms with Crippen LogP contribution in [-0.2, 0) is 10.1 Å². The van der Waals surface area contributed by atoms with Crippen molar-refractivity contribution in [1.29, 1.82) is 0 Å². The minimum Gasteiger partial charge on any atom is -0.748 e. The molecule has 0 aromatic rings. The van der Waals surface area contributed by atoms with Crippen LogP contribution in [0.5, 0.6) is 0 Å². The van der Waals surface area contributed by atoms with Crippen molar-refractivity contribution in [3.63, 3.8) is 0 Å². The Morgan fingerprint density at radius 1 is 1.00 bits per heavy atom. The monoisotopic (exact) mass is 226 g/mol. The van der Waals surface area contributed by atoms with E-state index in [1.165, 1.54) is 0 Å². The van der Waals surface area contributed by atoms with Gasteiger partial charge in [-0.3, -0.25) is 0 Å². The summed E-state index contributed by atoms with van der Waals surface area (Å²) in [6, 6.07) is 0. The predicted octanol–water partition coefficient (Wildman–Crippen LogP) is -1.15. The first-order valence-corrected chi connectivity index (χ1v) is 6.67. The Labute approximate surface area is 105 Å². The smallest absolute Gasteiger partial charge is 0.748 e. The molecule has 0 heterocycles. The molecule has 0 aromatic carbocycles. The van der Waals surface area contributed by atoms with Gasteiger partial charge in [-0.15, -0.1) is 0 Å². The van der Waals surface area contributed by atoms with Crippen molar-refractivity contribution >= 4 is 10.1 Å². The van der Waals surface area contributed by atoms with Crippen molar-refractivity contribution in [3.05, 3.63) is 0 Å². The second-order valence-electron chi connectivity index (χ2n) is 4.87. The van der Waals surface area contributed by atoms with E-state index >= 15 is 0 Å². The predicted molar refractivity (Wildman–Crippen MR) is 54.8 cm³/mol. The van der Waals surface area contributed by atoms with E-state index in [0.717, 1.165) is 6.42 Å². The molecule has 0 aliphatic heterocycles. The van der Waals surface area contributed by atoms with Crippen molar-refractivity contribution in [2.24, 2.45) is 23.7 Å². The fourth-order valence-corrected chi connectivity index (χ4v) is 4.27. The first-order valence-electron chi connectivity index (χ1n) is 5.19. The molecule has 5 unspecified atom stereocenters. The number of hydrogen-bond donors (Lipinski definition) is 0. The van der Waals surface area contributed by atoms with Crippen molar-refractivity contribution in [2.45, 2.75) is 39.4 Å². The summed E-state index contributed by atoms with van der Waals surface area (Å²) in [5, 5.41) is -0.686. The summed E-state index contributed by atoms with van der Waals surface area (Å²) in [5.74, 6) is 0.813. The van der Waals surface area contributed by atoms with E-state index in [-0.39, 0.29) is 30.7 Å². The van der Waals surface area contributed by atoms with Gasteiger partial charge in [-0.05, 0) is 30.1 Å². The van der Waals surface area contributed by atoms with Crippen LogP contribution in [0, 0.1) is 23.7 Å². The van der Waals surface area contributed by atoms with E-state index in [9.17, 15) is 13.0 Å². The van der Waals surface area contributed by atoms with Crippen molar-refractivity contribution in [3.8, 4) is 0 Å². The maximum atomic E-state index is 11.1. The van der Waals surface area contributed by atoms with Crippen LogP contribution in [0.1, 0.15) is 34.1 Å². The zero-order valence-corrected chi connectivity index (χ0v) is 11.0. The molecule has 0 amide bonds. The molecular formula is C10H19LiO3S. The van der Waals surface area contributed by atoms with Gasteiger partial charge in [0.2, 0.25) is 0 Å². The van der Waals surface area contributed by atoms with Gasteiger partial charge in [0.1, 0.15) is 0 Å². The van der Waals surface area contributed by atoms with Gasteiger partial charge >= 0.3 is 18.9 Å². The Morgan fingerprint density at radius 2 is 1.47 bits per heavy atom. The fraction of sp³-hybridized carbons (Fsp3) is 1.00. The summed E-state index contributed by atoms with van der Waals surface area (Å²) in [6.45, 7) is 7.93. The van der Waals surface area contributed by atoms with Gasteiger partial charge in [0.25, 0.3) is 0 Å². The first kappa shape index (κ1) is 15.5. The van der Waals surface area contributed by atoms with Crippen LogP contribution >= 0.6 is 0 Å². The Morgan fingerprint density at radius 3 is 1.87 bits per heavy atom. The average Bonchev–Trinajstić information content (AvgIpc) is 1.97. The molecular weight excluding hydrogens is 207 g/mol. The summed E-state index contributed by atoms with van der Waals surface area (Å²) < 4.78 is 33.3. The van der Waals surface area contributed by atoms with Crippen LogP contribution < -0.4 is 18.9 Å². The largest absolute Gasteiger partial charge is 1.00 e. The first-order chi connectivity index (χ1) is 6.25. The molecule has 0 N–H and O–H groups in total. The maximum Gasteiger partial charge on any atom is 1.00 e. The quantitative estimate of drug-likeness (QED) is 0.419. The summed E-state index contributed by atoms with van der Waals surface area (Å²) in [4.78, 5) is 0. The Hall–Kier alpha value is 0.507. The number of rotatable bonds is 1. The molecule has 0 saturated heterocycles. The van der Waals surface area contributed by atoms with E-state index in [1.807, 2.05) is 20.8 Å². The third-order valence-corrected chi connectivity index (χ3v) is 5.44. The Balaban J connectivity index is 0.00000196. The van der Waals surface area contributed by atoms with Crippen molar-refractivity contribution < 1.29 is 31.8 Å². The van der Waals surface area contributed by atoms with E-state index in [0.29, 0.717) is 11.8 Å². The molecule has 1 rings (SSSR count). The second-order valence-corrected chi connectivity index (χ2v) is 6.40. The SMILES string of the molecule is CC1CC(C)C(S(=O)(=O)[O-])C(C)C1C.[Li+]. The summed E-state index contributed by atoms with van der Waals surface area (Å²) in [5.41, 5.74) is 0. The van der Waals surface area contributed by atoms with E-state index in [4.69, 9.17) is 0 Å². The molecule has 84 valence electrons. The normalized spacial score (nSPS) is 42.1. The number of hydrogen-bond acceptors (Lipinski definition) is 3. The van der Waals surface area contributed by atoms with Crippen LogP contribution in [-0.4, -0.2) is 18.2 Å². The molecule has 1 saturated carbocycles. The minimum atomic E-state index is -4.13. The van der Waals surface area contributed by atoms with Crippen LogP contribution in [0.2, 0.25) is 0 Å². The second kappa shape index (κ2) is 5.22. The van der Waals surface area contributed by atoms with Gasteiger partial charge in [0.15, 0.2) is 0 Å². The molecule has 5 heteroatoms. The van der Waals surface area contributed by atoms with Gasteiger partial charge in [0.05, 0.1) is 15.4 Å². The standard InChI is InChI=1S/C10H20O3S.Li/c1-6-5-7(2)10(14(11,12)13)9(4)8(6)3;/h6-10H,5H2,1-4H3,(H,11,12,13);/q;+1/p-1. The minimum absolute atomic E-state index is 0. The van der Waals surface area contributed by atoms with E-state index in [1.54, 1.807) is 0 Å². The molecule has 0 radical (unpaired) electrons. The third-order valence-electron chi connectivity index (χ3n) is 3.88. The van der Waals surface area contributed by atoms with Crippen molar-refractivity contribution in [2.75, 3.05) is 0 Å². The molecule has 1 aliphatic carbocycles. The van der Waals surface area contributed by atoms with Crippen LogP contribution in [0.4, 0.5) is 0 Å². The zero-order chi connectivity index (χ0) is 11.1. The van der Waals surface area contributed by atoms with Gasteiger partial charge in [0, 0.05) is 0 Å². The Kier molecular flexibility index (Phi) is 5.40. The third kappa shape index (κ3) is 3.23. The molecule has 0 bridgehead atoms. The topological polar surface area (TPSA) is 57.2 Å². The van der Waals surface area contributed by atoms with Gasteiger partial charge < -0.3 is 4.55 Å². The van der Waals surface area contributed by atoms with E-state index < -0.39 is 15.4 Å². The van der Waals surface area contributed by atoms with Crippen LogP contribution in [0.15, 0.2) is 0 Å². The Bertz CT molecular complexity index is 302. The zero-order valence-electron chi connectivity index (χ0n) is 10.2. The van der Waals surface area contributed by atoms with Crippen LogP contribution in [0.25, 0.3) is 0 Å². The van der Waals surface area contributed by atoms with Crippen LogP contribution in [0.3, 0.4) is 0 Å². The molecule has 3 nitrogen and oxygen atoms in total. The molecule has 1 aliphatic rings. The van der Waals surface area contributed by atoms with Gasteiger partial charge in [-0.25, -0.2) is 8.42 Å². The average molecular weight is 226 g/mol. The fourth-order valence-electron chi connectivity index (χ4n) is 2.82. The molecule has 15 heavy (non-hydrogen) atoms. The summed E-state index contributed by atoms with van der Waals surface area (Å²) in [7, 11) is -4.13. The molecule has 0 aromatic heterocycles. The molecule has 5 atom stereocenters. The van der Waals surface area contributed by atoms with Crippen molar-refractivity contribution in [1.82, 2.24) is 0 Å². The maximum absolute atomic E-state index is 11.1. The van der Waals surface area contributed by atoms with Gasteiger partial charge in [-0.1, -0.05) is 27.7 Å². The summed E-state index contributed by atoms with van der Waals surface area (Å²) >= 11 is 0.